The monoisotopic (exact) mass is 322 g/mol. The van der Waals surface area contributed by atoms with Gasteiger partial charge in [-0.15, -0.1) is 0 Å². The molecular weight excluding hydrogens is 292 g/mol. The van der Waals surface area contributed by atoms with Crippen molar-refractivity contribution in [3.05, 3.63) is 23.9 Å². The molecule has 1 rings (SSSR count). The molecule has 2 N–H and O–H groups in total. The van der Waals surface area contributed by atoms with Crippen molar-refractivity contribution in [3.63, 3.8) is 0 Å². The lowest BCUT2D eigenvalue weighted by molar-refractivity contribution is 0.145. The molecule has 0 spiro atoms. The molecule has 0 fully saturated rings. The second-order valence-corrected chi connectivity index (χ2v) is 4.99. The molecule has 6 heteroatoms. The molecule has 130 valence electrons. The SMILES string of the molecule is CCCOc1ncccc1CN=C(NCC)NCCCOCC. The van der Waals surface area contributed by atoms with Crippen molar-refractivity contribution in [2.45, 2.75) is 40.2 Å². The summed E-state index contributed by atoms with van der Waals surface area (Å²) >= 11 is 0. The lowest BCUT2D eigenvalue weighted by Gasteiger charge is -2.12. The van der Waals surface area contributed by atoms with E-state index in [0.29, 0.717) is 19.0 Å². The van der Waals surface area contributed by atoms with Crippen molar-refractivity contribution in [3.8, 4) is 5.88 Å². The highest BCUT2D eigenvalue weighted by molar-refractivity contribution is 5.79. The van der Waals surface area contributed by atoms with Crippen LogP contribution in [0.15, 0.2) is 23.3 Å². The van der Waals surface area contributed by atoms with E-state index in [-0.39, 0.29) is 0 Å². The van der Waals surface area contributed by atoms with Crippen LogP contribution in [0.4, 0.5) is 0 Å². The van der Waals surface area contributed by atoms with Gasteiger partial charge in [0.2, 0.25) is 5.88 Å². The van der Waals surface area contributed by atoms with E-state index in [1.54, 1.807) is 6.20 Å². The van der Waals surface area contributed by atoms with E-state index in [1.807, 2.05) is 19.1 Å². The average Bonchev–Trinajstić information content (AvgIpc) is 2.58. The first kappa shape index (κ1) is 19.2. The van der Waals surface area contributed by atoms with E-state index >= 15 is 0 Å². The molecule has 0 bridgehead atoms. The topological polar surface area (TPSA) is 67.8 Å². The Bertz CT molecular complexity index is 452. The Labute approximate surface area is 139 Å². The third-order valence-corrected chi connectivity index (χ3v) is 3.01. The second kappa shape index (κ2) is 12.7. The number of guanidine groups is 1. The highest BCUT2D eigenvalue weighted by Gasteiger charge is 2.04. The van der Waals surface area contributed by atoms with Gasteiger partial charge in [0.05, 0.1) is 13.2 Å². The van der Waals surface area contributed by atoms with Gasteiger partial charge in [-0.3, -0.25) is 0 Å². The summed E-state index contributed by atoms with van der Waals surface area (Å²) in [6.07, 6.45) is 3.66. The number of hydrogen-bond acceptors (Lipinski definition) is 4. The van der Waals surface area contributed by atoms with Crippen LogP contribution in [0.1, 0.15) is 39.2 Å². The maximum Gasteiger partial charge on any atom is 0.218 e. The summed E-state index contributed by atoms with van der Waals surface area (Å²) in [5.74, 6) is 1.47. The van der Waals surface area contributed by atoms with Gasteiger partial charge in [0.1, 0.15) is 0 Å². The molecule has 1 aromatic heterocycles. The summed E-state index contributed by atoms with van der Waals surface area (Å²) in [6.45, 7) is 10.5. The van der Waals surface area contributed by atoms with Crippen molar-refractivity contribution >= 4 is 5.96 Å². The van der Waals surface area contributed by atoms with Gasteiger partial charge < -0.3 is 20.1 Å². The first-order chi connectivity index (χ1) is 11.3. The summed E-state index contributed by atoms with van der Waals surface area (Å²) < 4.78 is 11.0. The van der Waals surface area contributed by atoms with Crippen LogP contribution in [0.2, 0.25) is 0 Å². The number of nitrogens with zero attached hydrogens (tertiary/aromatic N) is 2. The summed E-state index contributed by atoms with van der Waals surface area (Å²) in [6, 6.07) is 3.91. The summed E-state index contributed by atoms with van der Waals surface area (Å²) in [5, 5.41) is 6.55. The van der Waals surface area contributed by atoms with Crippen molar-refractivity contribution in [1.29, 1.82) is 0 Å². The fourth-order valence-corrected chi connectivity index (χ4v) is 1.90. The van der Waals surface area contributed by atoms with Gasteiger partial charge in [-0.1, -0.05) is 13.0 Å². The minimum absolute atomic E-state index is 0.535. The van der Waals surface area contributed by atoms with E-state index in [9.17, 15) is 0 Å². The third kappa shape index (κ3) is 8.40. The van der Waals surface area contributed by atoms with Crippen molar-refractivity contribution in [2.75, 3.05) is 32.9 Å². The molecule has 1 aromatic rings. The highest BCUT2D eigenvalue weighted by Crippen LogP contribution is 2.15. The van der Waals surface area contributed by atoms with Crippen molar-refractivity contribution in [2.24, 2.45) is 4.99 Å². The Balaban J connectivity index is 2.55. The molecule has 0 aliphatic carbocycles. The smallest absolute Gasteiger partial charge is 0.218 e. The number of aromatic nitrogens is 1. The number of rotatable bonds is 11. The predicted molar refractivity (Wildman–Crippen MR) is 94.0 cm³/mol. The molecule has 0 atom stereocenters. The second-order valence-electron chi connectivity index (χ2n) is 4.99. The molecule has 0 saturated heterocycles. The van der Waals surface area contributed by atoms with Crippen LogP contribution >= 0.6 is 0 Å². The van der Waals surface area contributed by atoms with Crippen LogP contribution in [0, 0.1) is 0 Å². The van der Waals surface area contributed by atoms with Crippen LogP contribution in [0.3, 0.4) is 0 Å². The maximum atomic E-state index is 5.67. The fraction of sp³-hybridized carbons (Fsp3) is 0.647. The van der Waals surface area contributed by atoms with Crippen LogP contribution < -0.4 is 15.4 Å². The zero-order chi connectivity index (χ0) is 16.8. The van der Waals surface area contributed by atoms with E-state index < -0.39 is 0 Å². The van der Waals surface area contributed by atoms with E-state index in [2.05, 4.69) is 34.5 Å². The Morgan fingerprint density at radius 1 is 1.22 bits per heavy atom. The average molecular weight is 322 g/mol. The number of hydrogen-bond donors (Lipinski definition) is 2. The molecule has 1 heterocycles. The maximum absolute atomic E-state index is 5.67. The van der Waals surface area contributed by atoms with Gasteiger partial charge in [0.15, 0.2) is 5.96 Å². The van der Waals surface area contributed by atoms with Gasteiger partial charge in [-0.05, 0) is 32.8 Å². The van der Waals surface area contributed by atoms with Gasteiger partial charge in [-0.2, -0.15) is 0 Å². The standard InChI is InChI=1S/C17H30N4O2/c1-4-12-23-16-15(9-7-10-19-16)14-21-17(18-5-2)20-11-8-13-22-6-3/h7,9-10H,4-6,8,11-14H2,1-3H3,(H2,18,20,21). The normalized spacial score (nSPS) is 11.3. The summed E-state index contributed by atoms with van der Waals surface area (Å²) in [5.41, 5.74) is 0.993. The Kier molecular flexibility index (Phi) is 10.6. The molecule has 0 unspecified atom stereocenters. The van der Waals surface area contributed by atoms with Crippen LogP contribution in [-0.2, 0) is 11.3 Å². The van der Waals surface area contributed by atoms with Gasteiger partial charge >= 0.3 is 0 Å². The van der Waals surface area contributed by atoms with E-state index in [1.165, 1.54) is 0 Å². The Hall–Kier alpha value is -1.82. The highest BCUT2D eigenvalue weighted by atomic mass is 16.5. The molecule has 0 aromatic carbocycles. The molecule has 0 aliphatic rings. The van der Waals surface area contributed by atoms with Gasteiger partial charge in [-0.25, -0.2) is 9.98 Å². The predicted octanol–water partition coefficient (Wildman–Crippen LogP) is 2.35. The molecular formula is C17H30N4O2. The van der Waals surface area contributed by atoms with Crippen molar-refractivity contribution < 1.29 is 9.47 Å². The molecule has 23 heavy (non-hydrogen) atoms. The number of aliphatic imine (C=N–C) groups is 1. The summed E-state index contributed by atoms with van der Waals surface area (Å²) in [7, 11) is 0. The number of ether oxygens (including phenoxy) is 2. The molecule has 0 aliphatic heterocycles. The van der Waals surface area contributed by atoms with Crippen LogP contribution in [0.5, 0.6) is 5.88 Å². The fourth-order valence-electron chi connectivity index (χ4n) is 1.90. The summed E-state index contributed by atoms with van der Waals surface area (Å²) in [4.78, 5) is 8.89. The van der Waals surface area contributed by atoms with E-state index in [0.717, 1.165) is 50.7 Å². The quantitative estimate of drug-likeness (QED) is 0.372. The zero-order valence-corrected chi connectivity index (χ0v) is 14.6. The Morgan fingerprint density at radius 3 is 2.83 bits per heavy atom. The van der Waals surface area contributed by atoms with Gasteiger partial charge in [0, 0.05) is 38.1 Å². The zero-order valence-electron chi connectivity index (χ0n) is 14.6. The third-order valence-electron chi connectivity index (χ3n) is 3.01. The minimum atomic E-state index is 0.535. The lowest BCUT2D eigenvalue weighted by Crippen LogP contribution is -2.38. The van der Waals surface area contributed by atoms with Crippen LogP contribution in [0.25, 0.3) is 0 Å². The Morgan fingerprint density at radius 2 is 2.09 bits per heavy atom. The first-order valence-electron chi connectivity index (χ1n) is 8.48. The minimum Gasteiger partial charge on any atom is -0.477 e. The molecule has 0 saturated carbocycles. The lowest BCUT2D eigenvalue weighted by atomic mass is 10.3. The largest absolute Gasteiger partial charge is 0.477 e. The number of pyridine rings is 1. The van der Waals surface area contributed by atoms with E-state index in [4.69, 9.17) is 9.47 Å². The van der Waals surface area contributed by atoms with Crippen molar-refractivity contribution in [1.82, 2.24) is 15.6 Å². The molecule has 0 amide bonds. The van der Waals surface area contributed by atoms with Gasteiger partial charge in [0.25, 0.3) is 0 Å². The van der Waals surface area contributed by atoms with Crippen LogP contribution in [-0.4, -0.2) is 43.9 Å². The first-order valence-corrected chi connectivity index (χ1v) is 8.48. The molecule has 6 nitrogen and oxygen atoms in total. The number of nitrogens with one attached hydrogen (secondary N) is 2. The molecule has 0 radical (unpaired) electrons.